The maximum atomic E-state index is 6.46. The van der Waals surface area contributed by atoms with E-state index in [2.05, 4.69) is 53.5 Å². The molecule has 0 bridgehead atoms. The van der Waals surface area contributed by atoms with Crippen LogP contribution in [0.25, 0.3) is 27.1 Å². The van der Waals surface area contributed by atoms with Crippen LogP contribution >= 0.6 is 11.3 Å². The lowest BCUT2D eigenvalue weighted by Gasteiger charge is -2.28. The Morgan fingerprint density at radius 2 is 1.75 bits per heavy atom. The van der Waals surface area contributed by atoms with Crippen molar-refractivity contribution >= 4 is 27.8 Å². The molecule has 0 fully saturated rings. The van der Waals surface area contributed by atoms with E-state index in [4.69, 9.17) is 14.8 Å². The van der Waals surface area contributed by atoms with Gasteiger partial charge in [0, 0.05) is 16.9 Å². The molecule has 0 aliphatic carbocycles. The van der Waals surface area contributed by atoms with Crippen molar-refractivity contribution in [3.63, 3.8) is 0 Å². The van der Waals surface area contributed by atoms with Gasteiger partial charge < -0.3 is 4.74 Å². The minimum atomic E-state index is -0.0591. The summed E-state index contributed by atoms with van der Waals surface area (Å²) in [5.41, 5.74) is 3.99. The topological polar surface area (TPSA) is 52.3 Å². The molecule has 1 atom stereocenters. The lowest BCUT2D eigenvalue weighted by atomic mass is 9.83. The van der Waals surface area contributed by atoms with Crippen LogP contribution in [0.15, 0.2) is 90.6 Å². The second-order valence-corrected chi connectivity index (χ2v) is 8.74. The Balaban J connectivity index is 1.54. The molecular formula is C26H16N4OS. The van der Waals surface area contributed by atoms with Crippen molar-refractivity contribution in [3.8, 4) is 22.3 Å². The fraction of sp³-hybridized carbons (Fsp3) is 0.0385. The van der Waals surface area contributed by atoms with Gasteiger partial charge in [0.15, 0.2) is 11.5 Å². The summed E-state index contributed by atoms with van der Waals surface area (Å²) in [6, 6.07) is 27.1. The van der Waals surface area contributed by atoms with Crippen molar-refractivity contribution in [1.82, 2.24) is 19.6 Å². The Morgan fingerprint density at radius 1 is 0.875 bits per heavy atom. The molecule has 32 heavy (non-hydrogen) atoms. The predicted molar refractivity (Wildman–Crippen MR) is 126 cm³/mol. The minimum absolute atomic E-state index is 0.0591. The fourth-order valence-electron chi connectivity index (χ4n) is 4.55. The summed E-state index contributed by atoms with van der Waals surface area (Å²) in [6.07, 6.45) is 1.69. The van der Waals surface area contributed by atoms with Crippen LogP contribution in [0, 0.1) is 0 Å². The number of benzene rings is 3. The molecule has 3 aromatic heterocycles. The van der Waals surface area contributed by atoms with E-state index in [-0.39, 0.29) is 5.92 Å². The quantitative estimate of drug-likeness (QED) is 0.322. The predicted octanol–water partition coefficient (Wildman–Crippen LogP) is 6.29. The summed E-state index contributed by atoms with van der Waals surface area (Å²) in [7, 11) is 0. The number of hydrogen-bond acceptors (Lipinski definition) is 5. The van der Waals surface area contributed by atoms with Crippen LogP contribution in [0.5, 0.6) is 11.6 Å². The molecule has 152 valence electrons. The fourth-order valence-corrected chi connectivity index (χ4v) is 5.20. The molecule has 0 saturated heterocycles. The summed E-state index contributed by atoms with van der Waals surface area (Å²) in [6.45, 7) is 0. The van der Waals surface area contributed by atoms with Crippen LogP contribution in [0.4, 0.5) is 0 Å². The number of nitrogens with zero attached hydrogens (tertiary/aromatic N) is 4. The Labute approximate surface area is 187 Å². The van der Waals surface area contributed by atoms with Crippen LogP contribution < -0.4 is 4.74 Å². The molecule has 0 amide bonds. The first-order chi connectivity index (χ1) is 15.9. The van der Waals surface area contributed by atoms with Crippen LogP contribution in [0.1, 0.15) is 22.6 Å². The summed E-state index contributed by atoms with van der Waals surface area (Å²) < 4.78 is 8.22. The van der Waals surface area contributed by atoms with Crippen molar-refractivity contribution in [2.45, 2.75) is 5.92 Å². The highest BCUT2D eigenvalue weighted by Crippen LogP contribution is 2.50. The molecule has 6 heteroatoms. The molecular weight excluding hydrogens is 416 g/mol. The summed E-state index contributed by atoms with van der Waals surface area (Å²) in [5, 5.41) is 8.95. The molecule has 3 aromatic carbocycles. The molecule has 0 unspecified atom stereocenters. The summed E-state index contributed by atoms with van der Waals surface area (Å²) in [5.74, 6) is 2.09. The lowest BCUT2D eigenvalue weighted by molar-refractivity contribution is 0.437. The molecule has 0 N–H and O–H groups in total. The number of ether oxygens (including phenoxy) is 1. The SMILES string of the molecule is c1ccc([C@H]2c3ccc4ccccc4c3Oc3ncn4nc(-c5cccs5)nc4c32)cc1. The highest BCUT2D eigenvalue weighted by molar-refractivity contribution is 7.13. The molecule has 7 rings (SSSR count). The minimum Gasteiger partial charge on any atom is -0.438 e. The second-order valence-electron chi connectivity index (χ2n) is 7.80. The van der Waals surface area contributed by atoms with E-state index < -0.39 is 0 Å². The van der Waals surface area contributed by atoms with Crippen LogP contribution in [-0.4, -0.2) is 19.6 Å². The van der Waals surface area contributed by atoms with Crippen molar-refractivity contribution in [1.29, 1.82) is 0 Å². The highest BCUT2D eigenvalue weighted by atomic mass is 32.1. The van der Waals surface area contributed by atoms with Crippen molar-refractivity contribution in [2.24, 2.45) is 0 Å². The van der Waals surface area contributed by atoms with Crippen molar-refractivity contribution in [2.75, 3.05) is 0 Å². The van der Waals surface area contributed by atoms with Gasteiger partial charge in [0.2, 0.25) is 5.88 Å². The van der Waals surface area contributed by atoms with E-state index in [1.54, 1.807) is 22.2 Å². The normalized spacial score (nSPS) is 14.8. The maximum absolute atomic E-state index is 6.46. The van der Waals surface area contributed by atoms with Gasteiger partial charge in [-0.1, -0.05) is 72.8 Å². The van der Waals surface area contributed by atoms with Crippen molar-refractivity contribution < 1.29 is 4.74 Å². The molecule has 0 saturated carbocycles. The number of aromatic nitrogens is 4. The standard InChI is InChI=1S/C26H16N4OS/c1-2-8-17(9-3-1)21-19-13-12-16-7-4-5-10-18(16)23(19)31-26-22(21)25-28-24(20-11-6-14-32-20)29-30(25)15-27-26/h1-15,21H/t21-/m0/s1. The van der Waals surface area contributed by atoms with Gasteiger partial charge in [0.1, 0.15) is 12.1 Å². The third-order valence-corrected chi connectivity index (χ3v) is 6.84. The molecule has 5 nitrogen and oxygen atoms in total. The van der Waals surface area contributed by atoms with Gasteiger partial charge in [-0.25, -0.2) is 14.5 Å². The van der Waals surface area contributed by atoms with Crippen LogP contribution in [0.2, 0.25) is 0 Å². The van der Waals surface area contributed by atoms with Gasteiger partial charge in [-0.2, -0.15) is 0 Å². The Bertz CT molecular complexity index is 1610. The van der Waals surface area contributed by atoms with Gasteiger partial charge in [0.05, 0.1) is 10.4 Å². The zero-order chi connectivity index (χ0) is 21.1. The van der Waals surface area contributed by atoms with Gasteiger partial charge in [0.25, 0.3) is 0 Å². The average molecular weight is 433 g/mol. The van der Waals surface area contributed by atoms with Crippen molar-refractivity contribution in [3.05, 3.63) is 107 Å². The number of fused-ring (bicyclic) bond motifs is 6. The Kier molecular flexibility index (Phi) is 3.71. The first-order valence-electron chi connectivity index (χ1n) is 10.4. The maximum Gasteiger partial charge on any atom is 0.228 e. The third kappa shape index (κ3) is 2.53. The van der Waals surface area contributed by atoms with E-state index in [0.717, 1.165) is 38.2 Å². The number of hydrogen-bond donors (Lipinski definition) is 0. The molecule has 1 aliphatic rings. The monoisotopic (exact) mass is 432 g/mol. The highest BCUT2D eigenvalue weighted by Gasteiger charge is 2.34. The summed E-state index contributed by atoms with van der Waals surface area (Å²) in [4.78, 5) is 10.6. The Hall–Kier alpha value is -4.03. The smallest absolute Gasteiger partial charge is 0.228 e. The summed E-state index contributed by atoms with van der Waals surface area (Å²) >= 11 is 1.63. The molecule has 0 spiro atoms. The lowest BCUT2D eigenvalue weighted by Crippen LogP contribution is -2.15. The van der Waals surface area contributed by atoms with Crippen LogP contribution in [0.3, 0.4) is 0 Å². The van der Waals surface area contributed by atoms with Crippen LogP contribution in [-0.2, 0) is 0 Å². The molecule has 4 heterocycles. The van der Waals surface area contributed by atoms with Gasteiger partial charge in [-0.15, -0.1) is 16.4 Å². The second kappa shape index (κ2) is 6.73. The number of thiophene rings is 1. The molecule has 6 aromatic rings. The molecule has 0 radical (unpaired) electrons. The van der Waals surface area contributed by atoms with Gasteiger partial charge in [-0.3, -0.25) is 0 Å². The first kappa shape index (κ1) is 17.6. The van der Waals surface area contributed by atoms with E-state index in [9.17, 15) is 0 Å². The molecule has 1 aliphatic heterocycles. The largest absolute Gasteiger partial charge is 0.438 e. The van der Waals surface area contributed by atoms with E-state index in [1.807, 2.05) is 35.7 Å². The first-order valence-corrected chi connectivity index (χ1v) is 11.3. The van der Waals surface area contributed by atoms with Gasteiger partial charge in [-0.05, 0) is 22.4 Å². The van der Waals surface area contributed by atoms with E-state index >= 15 is 0 Å². The zero-order valence-corrected chi connectivity index (χ0v) is 17.7. The average Bonchev–Trinajstić information content (AvgIpc) is 3.53. The zero-order valence-electron chi connectivity index (χ0n) is 16.8. The number of rotatable bonds is 2. The van der Waals surface area contributed by atoms with Gasteiger partial charge >= 0.3 is 0 Å². The Morgan fingerprint density at radius 3 is 2.62 bits per heavy atom. The van der Waals surface area contributed by atoms with E-state index in [1.165, 1.54) is 5.56 Å². The third-order valence-electron chi connectivity index (χ3n) is 5.97. The van der Waals surface area contributed by atoms with E-state index in [0.29, 0.717) is 11.7 Å².